The summed E-state index contributed by atoms with van der Waals surface area (Å²) in [5.74, 6) is 4.99. The summed E-state index contributed by atoms with van der Waals surface area (Å²) in [5, 5.41) is 0. The zero-order valence-corrected chi connectivity index (χ0v) is 8.52. The summed E-state index contributed by atoms with van der Waals surface area (Å²) in [4.78, 5) is 15.0. The molecule has 0 aliphatic heterocycles. The molecular weight excluding hydrogens is 186 g/mol. The first-order chi connectivity index (χ1) is 6.13. The van der Waals surface area contributed by atoms with E-state index in [2.05, 4.69) is 5.43 Å². The number of urea groups is 1. The third-order valence-corrected chi connectivity index (χ3v) is 2.64. The van der Waals surface area contributed by atoms with Gasteiger partial charge in [-0.2, -0.15) is 0 Å². The molecule has 0 bridgehead atoms. The average Bonchev–Trinajstić information content (AvgIpc) is 2.49. The number of thiophene rings is 1. The molecule has 4 nitrogen and oxygen atoms in total. The quantitative estimate of drug-likeness (QED) is 0.425. The minimum atomic E-state index is -0.272. The fourth-order valence-corrected chi connectivity index (χ4v) is 1.93. The molecule has 13 heavy (non-hydrogen) atoms. The number of aryl methyl sites for hydroxylation is 1. The van der Waals surface area contributed by atoms with Gasteiger partial charge in [-0.25, -0.2) is 10.6 Å². The minimum Gasteiger partial charge on any atom is -0.322 e. The van der Waals surface area contributed by atoms with Crippen molar-refractivity contribution < 1.29 is 4.79 Å². The Balaban J connectivity index is 2.54. The molecule has 0 aliphatic carbocycles. The summed E-state index contributed by atoms with van der Waals surface area (Å²) < 4.78 is 0. The van der Waals surface area contributed by atoms with E-state index in [9.17, 15) is 4.79 Å². The number of amides is 2. The van der Waals surface area contributed by atoms with Crippen molar-refractivity contribution in [3.8, 4) is 0 Å². The van der Waals surface area contributed by atoms with Gasteiger partial charge in [0.05, 0.1) is 6.54 Å². The van der Waals surface area contributed by atoms with Gasteiger partial charge in [-0.3, -0.25) is 5.43 Å². The molecule has 3 N–H and O–H groups in total. The van der Waals surface area contributed by atoms with Gasteiger partial charge >= 0.3 is 6.03 Å². The molecule has 0 saturated heterocycles. The van der Waals surface area contributed by atoms with Crippen molar-refractivity contribution in [2.75, 3.05) is 7.05 Å². The molecule has 1 aromatic heterocycles. The first kappa shape index (κ1) is 10.0. The predicted octanol–water partition coefficient (Wildman–Crippen LogP) is 1.07. The maximum atomic E-state index is 11.0. The van der Waals surface area contributed by atoms with E-state index >= 15 is 0 Å². The molecule has 0 atom stereocenters. The smallest absolute Gasteiger partial charge is 0.322 e. The number of hydrazine groups is 1. The van der Waals surface area contributed by atoms with Crippen molar-refractivity contribution in [2.45, 2.75) is 13.5 Å². The van der Waals surface area contributed by atoms with E-state index in [-0.39, 0.29) is 6.03 Å². The van der Waals surface area contributed by atoms with Crippen LogP contribution in [0.3, 0.4) is 0 Å². The molecule has 0 fully saturated rings. The second-order valence-electron chi connectivity index (χ2n) is 2.82. The maximum absolute atomic E-state index is 11.0. The predicted molar refractivity (Wildman–Crippen MR) is 53.2 cm³/mol. The van der Waals surface area contributed by atoms with Gasteiger partial charge < -0.3 is 4.90 Å². The summed E-state index contributed by atoms with van der Waals surface area (Å²) in [6.07, 6.45) is 0. The normalized spacial score (nSPS) is 9.77. The van der Waals surface area contributed by atoms with Crippen molar-refractivity contribution in [1.82, 2.24) is 10.3 Å². The Morgan fingerprint density at radius 3 is 2.85 bits per heavy atom. The van der Waals surface area contributed by atoms with Crippen LogP contribution < -0.4 is 11.3 Å². The van der Waals surface area contributed by atoms with Gasteiger partial charge in [0, 0.05) is 16.8 Å². The third kappa shape index (κ3) is 2.71. The van der Waals surface area contributed by atoms with Crippen LogP contribution in [0.1, 0.15) is 9.75 Å². The van der Waals surface area contributed by atoms with E-state index in [0.717, 1.165) is 4.88 Å². The second kappa shape index (κ2) is 4.25. The van der Waals surface area contributed by atoms with Gasteiger partial charge in [0.2, 0.25) is 0 Å². The summed E-state index contributed by atoms with van der Waals surface area (Å²) in [7, 11) is 1.71. The number of carbonyl (C=O) groups is 1. The van der Waals surface area contributed by atoms with Crippen LogP contribution in [-0.2, 0) is 6.54 Å². The second-order valence-corrected chi connectivity index (χ2v) is 4.19. The van der Waals surface area contributed by atoms with Crippen LogP contribution >= 0.6 is 11.3 Å². The van der Waals surface area contributed by atoms with Crippen molar-refractivity contribution in [1.29, 1.82) is 0 Å². The topological polar surface area (TPSA) is 58.4 Å². The Morgan fingerprint density at radius 1 is 1.69 bits per heavy atom. The lowest BCUT2D eigenvalue weighted by atomic mass is 10.4. The lowest BCUT2D eigenvalue weighted by Crippen LogP contribution is -2.40. The van der Waals surface area contributed by atoms with Gasteiger partial charge in [-0.05, 0) is 19.1 Å². The standard InChI is InChI=1S/C8H13N3OS/c1-6-3-4-7(13-6)5-11(2)8(12)10-9/h3-4H,5,9H2,1-2H3,(H,10,12). The largest absolute Gasteiger partial charge is 0.331 e. The summed E-state index contributed by atoms with van der Waals surface area (Å²) in [6.45, 7) is 2.64. The molecule has 72 valence electrons. The number of hydrogen-bond donors (Lipinski definition) is 2. The van der Waals surface area contributed by atoms with Crippen LogP contribution in [-0.4, -0.2) is 18.0 Å². The van der Waals surface area contributed by atoms with Crippen LogP contribution in [0.5, 0.6) is 0 Å². The van der Waals surface area contributed by atoms with E-state index in [1.54, 1.807) is 18.4 Å². The fourth-order valence-electron chi connectivity index (χ4n) is 0.986. The molecule has 0 spiro atoms. The Morgan fingerprint density at radius 2 is 2.38 bits per heavy atom. The molecule has 1 aromatic rings. The maximum Gasteiger partial charge on any atom is 0.331 e. The van der Waals surface area contributed by atoms with Gasteiger partial charge in [0.15, 0.2) is 0 Å². The zero-order chi connectivity index (χ0) is 9.84. The molecule has 1 rings (SSSR count). The zero-order valence-electron chi connectivity index (χ0n) is 7.70. The SMILES string of the molecule is Cc1ccc(CN(C)C(=O)NN)s1. The highest BCUT2D eigenvalue weighted by atomic mass is 32.1. The molecule has 2 amide bonds. The first-order valence-corrected chi connectivity index (χ1v) is 4.72. The summed E-state index contributed by atoms with van der Waals surface area (Å²) in [6, 6.07) is 3.78. The Labute approximate surface area is 81.3 Å². The Hall–Kier alpha value is -1.07. The number of nitrogens with two attached hydrogens (primary N) is 1. The third-order valence-electron chi connectivity index (χ3n) is 1.66. The van der Waals surface area contributed by atoms with Gasteiger partial charge in [-0.15, -0.1) is 11.3 Å². The monoisotopic (exact) mass is 199 g/mol. The van der Waals surface area contributed by atoms with E-state index in [1.807, 2.05) is 19.1 Å². The van der Waals surface area contributed by atoms with Crippen molar-refractivity contribution in [3.05, 3.63) is 21.9 Å². The van der Waals surface area contributed by atoms with E-state index in [1.165, 1.54) is 9.78 Å². The van der Waals surface area contributed by atoms with Crippen LogP contribution in [0.4, 0.5) is 4.79 Å². The van der Waals surface area contributed by atoms with Crippen LogP contribution in [0.2, 0.25) is 0 Å². The molecule has 0 aliphatic rings. The molecular formula is C8H13N3OS. The van der Waals surface area contributed by atoms with Crippen LogP contribution in [0.25, 0.3) is 0 Å². The van der Waals surface area contributed by atoms with Gasteiger partial charge in [-0.1, -0.05) is 0 Å². The lowest BCUT2D eigenvalue weighted by molar-refractivity contribution is 0.207. The lowest BCUT2D eigenvalue weighted by Gasteiger charge is -2.14. The summed E-state index contributed by atoms with van der Waals surface area (Å²) in [5.41, 5.74) is 2.08. The minimum absolute atomic E-state index is 0.272. The van der Waals surface area contributed by atoms with Crippen LogP contribution in [0, 0.1) is 6.92 Å². The Bertz CT molecular complexity index is 297. The summed E-state index contributed by atoms with van der Waals surface area (Å²) >= 11 is 1.68. The van der Waals surface area contributed by atoms with Crippen molar-refractivity contribution >= 4 is 17.4 Å². The molecule has 5 heteroatoms. The number of hydrogen-bond acceptors (Lipinski definition) is 3. The van der Waals surface area contributed by atoms with Crippen molar-refractivity contribution in [3.63, 3.8) is 0 Å². The molecule has 1 heterocycles. The fraction of sp³-hybridized carbons (Fsp3) is 0.375. The van der Waals surface area contributed by atoms with Crippen LogP contribution in [0.15, 0.2) is 12.1 Å². The number of carbonyl (C=O) groups excluding carboxylic acids is 1. The number of rotatable bonds is 2. The highest BCUT2D eigenvalue weighted by Crippen LogP contribution is 2.16. The van der Waals surface area contributed by atoms with Gasteiger partial charge in [0.25, 0.3) is 0 Å². The number of nitrogens with one attached hydrogen (secondary N) is 1. The van der Waals surface area contributed by atoms with E-state index in [0.29, 0.717) is 6.54 Å². The molecule has 0 radical (unpaired) electrons. The molecule has 0 aromatic carbocycles. The highest BCUT2D eigenvalue weighted by molar-refractivity contribution is 7.11. The van der Waals surface area contributed by atoms with E-state index < -0.39 is 0 Å². The van der Waals surface area contributed by atoms with Gasteiger partial charge in [0.1, 0.15) is 0 Å². The average molecular weight is 199 g/mol. The number of nitrogens with zero attached hydrogens (tertiary/aromatic N) is 1. The Kier molecular flexibility index (Phi) is 3.27. The van der Waals surface area contributed by atoms with E-state index in [4.69, 9.17) is 5.84 Å². The molecule has 0 unspecified atom stereocenters. The van der Waals surface area contributed by atoms with Crippen molar-refractivity contribution in [2.24, 2.45) is 5.84 Å². The first-order valence-electron chi connectivity index (χ1n) is 3.90. The highest BCUT2D eigenvalue weighted by Gasteiger charge is 2.07. The molecule has 0 saturated carbocycles.